The van der Waals surface area contributed by atoms with E-state index in [2.05, 4.69) is 43.4 Å². The molecule has 0 amide bonds. The Morgan fingerprint density at radius 2 is 1.64 bits per heavy atom. The molecule has 0 saturated heterocycles. The number of rotatable bonds is 8. The normalized spacial score (nSPS) is 12.8. The van der Waals surface area contributed by atoms with Gasteiger partial charge in [0.25, 0.3) is 0 Å². The minimum atomic E-state index is -1.40. The van der Waals surface area contributed by atoms with Crippen LogP contribution in [0.1, 0.15) is 42.5 Å². The van der Waals surface area contributed by atoms with Crippen LogP contribution in [-0.2, 0) is 6.61 Å². The molecule has 1 N–H and O–H groups in total. The van der Waals surface area contributed by atoms with Crippen molar-refractivity contribution in [3.63, 3.8) is 0 Å². The zero-order valence-electron chi connectivity index (χ0n) is 14.6. The first-order valence-corrected chi connectivity index (χ1v) is 9.62. The average Bonchev–Trinajstić information content (AvgIpc) is 2.58. The fourth-order valence-electron chi connectivity index (χ4n) is 2.45. The van der Waals surface area contributed by atoms with Gasteiger partial charge in [0.15, 0.2) is 0 Å². The fraction of sp³-hybridized carbons (Fsp3) is 0.400. The third-order valence-electron chi connectivity index (χ3n) is 3.95. The molecule has 136 valence electrons. The summed E-state index contributed by atoms with van der Waals surface area (Å²) in [7, 11) is 0. The predicted octanol–water partition coefficient (Wildman–Crippen LogP) is 6.38. The molecule has 1 atom stereocenters. The lowest BCUT2D eigenvalue weighted by atomic mass is 10.1. The summed E-state index contributed by atoms with van der Waals surface area (Å²) in [5.74, 6) is 0.793. The monoisotopic (exact) mass is 399 g/mol. The van der Waals surface area contributed by atoms with E-state index in [0.717, 1.165) is 36.3 Å². The molecule has 0 aromatic heterocycles. The summed E-state index contributed by atoms with van der Waals surface area (Å²) < 4.78 is 4.43. The van der Waals surface area contributed by atoms with Crippen LogP contribution in [0.3, 0.4) is 0 Å². The highest BCUT2D eigenvalue weighted by Gasteiger charge is 2.33. The molecule has 2 aromatic carbocycles. The van der Waals surface area contributed by atoms with Gasteiger partial charge in [-0.3, -0.25) is 0 Å². The van der Waals surface area contributed by atoms with Gasteiger partial charge in [-0.15, -0.1) is 0 Å². The smallest absolute Gasteiger partial charge is 0.209 e. The van der Waals surface area contributed by atoms with E-state index in [4.69, 9.17) is 39.5 Å². The standard InChI is InChI=1S/C20H24Cl3NO/c1-3-4-13-24-19(20(21,22)23)17-9-11-18(12-10-17)25-14-16-7-5-15(2)6-8-16/h5-12,19,24H,3-4,13-14H2,1-2H3. The molecule has 0 aliphatic carbocycles. The lowest BCUT2D eigenvalue weighted by Gasteiger charge is -2.26. The molecule has 0 aliphatic rings. The summed E-state index contributed by atoms with van der Waals surface area (Å²) in [5, 5.41) is 3.32. The predicted molar refractivity (Wildman–Crippen MR) is 108 cm³/mol. The van der Waals surface area contributed by atoms with Crippen molar-refractivity contribution < 1.29 is 4.74 Å². The molecular formula is C20H24Cl3NO. The Labute approximate surface area is 165 Å². The topological polar surface area (TPSA) is 21.3 Å². The van der Waals surface area contributed by atoms with Crippen LogP contribution in [0.15, 0.2) is 48.5 Å². The molecule has 2 nitrogen and oxygen atoms in total. The van der Waals surface area contributed by atoms with Crippen molar-refractivity contribution in [3.8, 4) is 5.75 Å². The van der Waals surface area contributed by atoms with E-state index in [-0.39, 0.29) is 6.04 Å². The van der Waals surface area contributed by atoms with Gasteiger partial charge in [-0.1, -0.05) is 90.1 Å². The molecule has 0 spiro atoms. The highest BCUT2D eigenvalue weighted by molar-refractivity contribution is 6.68. The SMILES string of the molecule is CCCCNC(c1ccc(OCc2ccc(C)cc2)cc1)C(Cl)(Cl)Cl. The van der Waals surface area contributed by atoms with Gasteiger partial charge in [0.05, 0.1) is 6.04 Å². The lowest BCUT2D eigenvalue weighted by Crippen LogP contribution is -2.32. The molecule has 25 heavy (non-hydrogen) atoms. The molecule has 0 heterocycles. The van der Waals surface area contributed by atoms with E-state index in [0.29, 0.717) is 6.61 Å². The molecule has 0 aliphatic heterocycles. The maximum atomic E-state index is 6.14. The van der Waals surface area contributed by atoms with E-state index < -0.39 is 3.79 Å². The van der Waals surface area contributed by atoms with Crippen LogP contribution in [0.2, 0.25) is 0 Å². The van der Waals surface area contributed by atoms with Crippen LogP contribution in [0.5, 0.6) is 5.75 Å². The van der Waals surface area contributed by atoms with Crippen molar-refractivity contribution in [1.29, 1.82) is 0 Å². The summed E-state index contributed by atoms with van der Waals surface area (Å²) in [4.78, 5) is 0. The van der Waals surface area contributed by atoms with Crippen molar-refractivity contribution in [1.82, 2.24) is 5.32 Å². The lowest BCUT2D eigenvalue weighted by molar-refractivity contribution is 0.306. The first-order valence-electron chi connectivity index (χ1n) is 8.48. The first kappa shape index (κ1) is 20.4. The molecule has 0 fully saturated rings. The quantitative estimate of drug-likeness (QED) is 0.410. The van der Waals surface area contributed by atoms with Crippen molar-refractivity contribution in [2.24, 2.45) is 0 Å². The third-order valence-corrected chi connectivity index (χ3v) is 4.60. The van der Waals surface area contributed by atoms with Gasteiger partial charge in [0.1, 0.15) is 12.4 Å². The van der Waals surface area contributed by atoms with E-state index in [1.807, 2.05) is 24.3 Å². The van der Waals surface area contributed by atoms with Crippen LogP contribution >= 0.6 is 34.8 Å². The zero-order chi connectivity index (χ0) is 18.3. The Balaban J connectivity index is 1.99. The number of hydrogen-bond donors (Lipinski definition) is 1. The Kier molecular flexibility index (Phi) is 7.89. The summed E-state index contributed by atoms with van der Waals surface area (Å²) in [6.07, 6.45) is 2.13. The van der Waals surface area contributed by atoms with Gasteiger partial charge in [-0.25, -0.2) is 0 Å². The number of hydrogen-bond acceptors (Lipinski definition) is 2. The van der Waals surface area contributed by atoms with Crippen LogP contribution < -0.4 is 10.1 Å². The van der Waals surface area contributed by atoms with Gasteiger partial charge in [0, 0.05) is 0 Å². The highest BCUT2D eigenvalue weighted by Crippen LogP contribution is 2.40. The summed E-state index contributed by atoms with van der Waals surface area (Å²) in [6.45, 7) is 5.54. The Hall–Kier alpha value is -0.930. The fourth-order valence-corrected chi connectivity index (χ4v) is 3.06. The maximum Gasteiger partial charge on any atom is 0.209 e. The zero-order valence-corrected chi connectivity index (χ0v) is 16.8. The van der Waals surface area contributed by atoms with Crippen LogP contribution in [0.4, 0.5) is 0 Å². The van der Waals surface area contributed by atoms with Crippen molar-refractivity contribution in [3.05, 3.63) is 65.2 Å². The average molecular weight is 401 g/mol. The molecule has 2 rings (SSSR count). The van der Waals surface area contributed by atoms with E-state index in [9.17, 15) is 0 Å². The Bertz CT molecular complexity index is 635. The second-order valence-corrected chi connectivity index (χ2v) is 8.49. The summed E-state index contributed by atoms with van der Waals surface area (Å²) in [5.41, 5.74) is 3.30. The minimum Gasteiger partial charge on any atom is -0.489 e. The summed E-state index contributed by atoms with van der Waals surface area (Å²) >= 11 is 18.4. The minimum absolute atomic E-state index is 0.352. The third kappa shape index (κ3) is 6.71. The second kappa shape index (κ2) is 9.68. The van der Waals surface area contributed by atoms with Crippen LogP contribution in [0, 0.1) is 6.92 Å². The number of ether oxygens (including phenoxy) is 1. The Morgan fingerprint density at radius 3 is 2.20 bits per heavy atom. The number of aryl methyl sites for hydroxylation is 1. The number of halogens is 3. The number of benzene rings is 2. The van der Waals surface area contributed by atoms with Gasteiger partial charge in [-0.2, -0.15) is 0 Å². The maximum absolute atomic E-state index is 6.14. The van der Waals surface area contributed by atoms with Crippen LogP contribution in [0.25, 0.3) is 0 Å². The van der Waals surface area contributed by atoms with Gasteiger partial charge in [0.2, 0.25) is 3.79 Å². The van der Waals surface area contributed by atoms with E-state index >= 15 is 0 Å². The van der Waals surface area contributed by atoms with Gasteiger partial charge >= 0.3 is 0 Å². The summed E-state index contributed by atoms with van der Waals surface area (Å²) in [6, 6.07) is 15.6. The van der Waals surface area contributed by atoms with E-state index in [1.165, 1.54) is 5.56 Å². The highest BCUT2D eigenvalue weighted by atomic mass is 35.6. The number of alkyl halides is 3. The molecule has 0 saturated carbocycles. The number of unbranched alkanes of at least 4 members (excludes halogenated alkanes) is 1. The van der Waals surface area contributed by atoms with Crippen molar-refractivity contribution in [2.45, 2.75) is 43.1 Å². The molecule has 0 bridgehead atoms. The largest absolute Gasteiger partial charge is 0.489 e. The van der Waals surface area contributed by atoms with Crippen molar-refractivity contribution in [2.75, 3.05) is 6.54 Å². The van der Waals surface area contributed by atoms with Crippen molar-refractivity contribution >= 4 is 34.8 Å². The Morgan fingerprint density at radius 1 is 1.00 bits per heavy atom. The van der Waals surface area contributed by atoms with Crippen LogP contribution in [-0.4, -0.2) is 10.3 Å². The van der Waals surface area contributed by atoms with Gasteiger partial charge < -0.3 is 10.1 Å². The molecule has 5 heteroatoms. The van der Waals surface area contributed by atoms with E-state index in [1.54, 1.807) is 0 Å². The molecule has 2 aromatic rings. The molecule has 1 unspecified atom stereocenters. The second-order valence-electron chi connectivity index (χ2n) is 6.13. The molecule has 0 radical (unpaired) electrons. The number of nitrogens with one attached hydrogen (secondary N) is 1. The molecular weight excluding hydrogens is 377 g/mol. The first-order chi connectivity index (χ1) is 11.9. The van der Waals surface area contributed by atoms with Gasteiger partial charge in [-0.05, 0) is 43.1 Å².